The quantitative estimate of drug-likeness (QED) is 0.391. The van der Waals surface area contributed by atoms with Crippen LogP contribution in [-0.2, 0) is 0 Å². The maximum absolute atomic E-state index is 13.2. The van der Waals surface area contributed by atoms with E-state index in [9.17, 15) is 14.4 Å². The minimum atomic E-state index is -0.501. The second kappa shape index (κ2) is 11.1. The molecule has 0 spiro atoms. The number of rotatable bonds is 11. The van der Waals surface area contributed by atoms with E-state index in [2.05, 4.69) is 20.5 Å². The molecule has 5 rings (SSSR count). The van der Waals surface area contributed by atoms with Crippen LogP contribution < -0.4 is 21.3 Å². The number of fused-ring (bicyclic) bond motifs is 2. The van der Waals surface area contributed by atoms with Gasteiger partial charge in [0.05, 0.1) is 5.56 Å². The molecule has 1 unspecified atom stereocenters. The highest BCUT2D eigenvalue weighted by molar-refractivity contribution is 6.02. The van der Waals surface area contributed by atoms with Gasteiger partial charge in [0, 0.05) is 60.6 Å². The van der Waals surface area contributed by atoms with E-state index in [0.29, 0.717) is 46.8 Å². The van der Waals surface area contributed by atoms with E-state index >= 15 is 0 Å². The van der Waals surface area contributed by atoms with Crippen LogP contribution in [0, 0.1) is 5.92 Å². The fourth-order valence-corrected chi connectivity index (χ4v) is 5.73. The summed E-state index contributed by atoms with van der Waals surface area (Å²) in [5.74, 6) is 1.01. The van der Waals surface area contributed by atoms with Crippen LogP contribution in [0.4, 0.5) is 11.5 Å². The number of Topliss-reactive ketones (excluding diaryl/α,β-unsaturated/α-hetero) is 1. The van der Waals surface area contributed by atoms with Gasteiger partial charge in [-0.1, -0.05) is 0 Å². The van der Waals surface area contributed by atoms with Gasteiger partial charge >= 0.3 is 0 Å². The van der Waals surface area contributed by atoms with Gasteiger partial charge in [0.2, 0.25) is 0 Å². The molecule has 2 bridgehead atoms. The van der Waals surface area contributed by atoms with E-state index in [1.807, 2.05) is 31.1 Å². The monoisotopic (exact) mass is 518 g/mol. The molecular formula is C29H38N6O3. The Morgan fingerprint density at radius 1 is 1.03 bits per heavy atom. The van der Waals surface area contributed by atoms with Crippen LogP contribution in [0.5, 0.6) is 0 Å². The molecule has 0 radical (unpaired) electrons. The second-order valence-electron chi connectivity index (χ2n) is 11.3. The summed E-state index contributed by atoms with van der Waals surface area (Å²) in [5, 5.41) is 6.54. The third kappa shape index (κ3) is 5.99. The summed E-state index contributed by atoms with van der Waals surface area (Å²) in [6.45, 7) is 1.50. The zero-order valence-corrected chi connectivity index (χ0v) is 22.3. The lowest BCUT2D eigenvalue weighted by atomic mass is 9.96. The fourth-order valence-electron chi connectivity index (χ4n) is 5.73. The molecule has 1 aromatic carbocycles. The molecular weight excluding hydrogens is 480 g/mol. The van der Waals surface area contributed by atoms with Crippen LogP contribution in [0.25, 0.3) is 0 Å². The van der Waals surface area contributed by atoms with Gasteiger partial charge in [-0.05, 0) is 88.9 Å². The maximum atomic E-state index is 13.2. The van der Waals surface area contributed by atoms with Gasteiger partial charge in [-0.15, -0.1) is 0 Å². The average molecular weight is 519 g/mol. The molecule has 2 aromatic rings. The number of carbonyl (C=O) groups excluding carboxylic acids is 3. The molecule has 3 aliphatic rings. The lowest BCUT2D eigenvalue weighted by molar-refractivity contribution is 0.0924. The maximum Gasteiger partial charge on any atom is 0.251 e. The second-order valence-corrected chi connectivity index (χ2v) is 11.3. The molecule has 3 heterocycles. The minimum Gasteiger partial charge on any atom is -0.384 e. The van der Waals surface area contributed by atoms with Crippen molar-refractivity contribution in [3.05, 3.63) is 53.2 Å². The highest BCUT2D eigenvalue weighted by Crippen LogP contribution is 2.38. The summed E-state index contributed by atoms with van der Waals surface area (Å²) in [5.41, 5.74) is 7.76. The number of hydrogen-bond donors (Lipinski definition) is 3. The number of carbonyl (C=O) groups is 3. The van der Waals surface area contributed by atoms with Gasteiger partial charge in [-0.2, -0.15) is 0 Å². The summed E-state index contributed by atoms with van der Waals surface area (Å²) >= 11 is 0. The van der Waals surface area contributed by atoms with E-state index in [4.69, 9.17) is 5.73 Å². The number of pyridine rings is 1. The number of nitrogens with one attached hydrogen (secondary N) is 2. The highest BCUT2D eigenvalue weighted by Gasteiger charge is 2.41. The number of primary amides is 1. The number of benzene rings is 1. The predicted molar refractivity (Wildman–Crippen MR) is 148 cm³/mol. The van der Waals surface area contributed by atoms with Crippen molar-refractivity contribution in [2.45, 2.75) is 63.1 Å². The molecule has 3 atom stereocenters. The Hall–Kier alpha value is -3.46. The van der Waals surface area contributed by atoms with Gasteiger partial charge in [0.1, 0.15) is 5.82 Å². The SMILES string of the molecule is CN(C)CCC(=O)c1ccc(N2[C@@H]3CC[C@H]2CC(NC(=O)c2ccc(C(N)=O)c(NCC4CC4)c2)C3)nc1. The largest absolute Gasteiger partial charge is 0.384 e. The van der Waals surface area contributed by atoms with Gasteiger partial charge in [0.15, 0.2) is 5.78 Å². The van der Waals surface area contributed by atoms with Crippen LogP contribution >= 0.6 is 0 Å². The molecule has 2 amide bonds. The van der Waals surface area contributed by atoms with E-state index in [-0.39, 0.29) is 17.7 Å². The number of amides is 2. The number of nitrogens with zero attached hydrogens (tertiary/aromatic N) is 3. The van der Waals surface area contributed by atoms with Crippen molar-refractivity contribution in [2.75, 3.05) is 37.4 Å². The van der Waals surface area contributed by atoms with Crippen molar-refractivity contribution in [1.82, 2.24) is 15.2 Å². The van der Waals surface area contributed by atoms with Gasteiger partial charge in [-0.3, -0.25) is 14.4 Å². The molecule has 1 saturated carbocycles. The number of ketones is 1. The summed E-state index contributed by atoms with van der Waals surface area (Å²) in [7, 11) is 3.92. The zero-order chi connectivity index (χ0) is 26.8. The van der Waals surface area contributed by atoms with Crippen molar-refractivity contribution >= 4 is 29.1 Å². The molecule has 9 nitrogen and oxygen atoms in total. The smallest absolute Gasteiger partial charge is 0.251 e. The van der Waals surface area contributed by atoms with Gasteiger partial charge in [0.25, 0.3) is 11.8 Å². The first-order valence-corrected chi connectivity index (χ1v) is 13.7. The fraction of sp³-hybridized carbons (Fsp3) is 0.517. The molecule has 202 valence electrons. The van der Waals surface area contributed by atoms with Crippen molar-refractivity contribution in [1.29, 1.82) is 0 Å². The molecule has 4 N–H and O–H groups in total. The van der Waals surface area contributed by atoms with Crippen LogP contribution in [0.1, 0.15) is 76.0 Å². The number of hydrogen-bond acceptors (Lipinski definition) is 7. The van der Waals surface area contributed by atoms with Crippen molar-refractivity contribution in [3.63, 3.8) is 0 Å². The molecule has 9 heteroatoms. The average Bonchev–Trinajstić information content (AvgIpc) is 3.69. The molecule has 38 heavy (non-hydrogen) atoms. The third-order valence-electron chi connectivity index (χ3n) is 8.01. The minimum absolute atomic E-state index is 0.0711. The van der Waals surface area contributed by atoms with Gasteiger partial charge in [-0.25, -0.2) is 4.98 Å². The Morgan fingerprint density at radius 3 is 2.34 bits per heavy atom. The predicted octanol–water partition coefficient (Wildman–Crippen LogP) is 3.07. The zero-order valence-electron chi connectivity index (χ0n) is 22.3. The van der Waals surface area contributed by atoms with Gasteiger partial charge < -0.3 is 26.2 Å². The van der Waals surface area contributed by atoms with Crippen LogP contribution in [0.2, 0.25) is 0 Å². The standard InChI is InChI=1S/C29H38N6O3/c1-34(2)12-11-26(36)20-6-10-27(32-17-20)35-22-7-8-23(35)15-21(14-22)33-29(38)19-5-9-24(28(30)37)25(13-19)31-16-18-3-4-18/h5-6,9-10,13,17-18,21-23,31H,3-4,7-8,11-12,14-16H2,1-2H3,(H2,30,37)(H,33,38)/t21?,22-,23+. The first-order chi connectivity index (χ1) is 18.3. The molecule has 3 fully saturated rings. The lowest BCUT2D eigenvalue weighted by Gasteiger charge is -2.40. The first-order valence-electron chi connectivity index (χ1n) is 13.7. The third-order valence-corrected chi connectivity index (χ3v) is 8.01. The van der Waals surface area contributed by atoms with E-state index < -0.39 is 5.91 Å². The number of piperidine rings is 1. The summed E-state index contributed by atoms with van der Waals surface area (Å²) in [6.07, 6.45) is 8.37. The summed E-state index contributed by atoms with van der Waals surface area (Å²) < 4.78 is 0. The topological polar surface area (TPSA) is 121 Å². The molecule has 1 aromatic heterocycles. The summed E-state index contributed by atoms with van der Waals surface area (Å²) in [6, 6.07) is 9.58. The first kappa shape index (κ1) is 26.2. The Morgan fingerprint density at radius 2 is 1.74 bits per heavy atom. The number of aromatic nitrogens is 1. The molecule has 2 saturated heterocycles. The normalized spacial score (nSPS) is 22.4. The highest BCUT2D eigenvalue weighted by atomic mass is 16.2. The van der Waals surface area contributed by atoms with Crippen molar-refractivity contribution < 1.29 is 14.4 Å². The van der Waals surface area contributed by atoms with Crippen LogP contribution in [-0.4, -0.2) is 72.8 Å². The lowest BCUT2D eigenvalue weighted by Crippen LogP contribution is -2.50. The Balaban J connectivity index is 1.21. The van der Waals surface area contributed by atoms with E-state index in [1.54, 1.807) is 24.4 Å². The van der Waals surface area contributed by atoms with E-state index in [0.717, 1.165) is 44.6 Å². The van der Waals surface area contributed by atoms with Crippen LogP contribution in [0.15, 0.2) is 36.5 Å². The number of nitrogens with two attached hydrogens (primary N) is 1. The Kier molecular flexibility index (Phi) is 7.65. The number of anilines is 2. The van der Waals surface area contributed by atoms with Crippen LogP contribution in [0.3, 0.4) is 0 Å². The molecule has 2 aliphatic heterocycles. The molecule has 1 aliphatic carbocycles. The Bertz CT molecular complexity index is 1180. The van der Waals surface area contributed by atoms with Crippen molar-refractivity contribution in [2.24, 2.45) is 11.7 Å². The summed E-state index contributed by atoms with van der Waals surface area (Å²) in [4.78, 5) is 46.5. The van der Waals surface area contributed by atoms with E-state index in [1.165, 1.54) is 12.8 Å². The van der Waals surface area contributed by atoms with Crippen molar-refractivity contribution in [3.8, 4) is 0 Å². The Labute approximate surface area is 224 Å².